The first-order valence-electron chi connectivity index (χ1n) is 8.72. The van der Waals surface area contributed by atoms with Crippen LogP contribution in [0.1, 0.15) is 24.0 Å². The van der Waals surface area contributed by atoms with E-state index in [9.17, 15) is 18.0 Å². The van der Waals surface area contributed by atoms with Gasteiger partial charge in [-0.3, -0.25) is 0 Å². The van der Waals surface area contributed by atoms with Crippen LogP contribution in [-0.4, -0.2) is 36.1 Å². The number of carbonyl (C=O) groups is 1. The highest BCUT2D eigenvalue weighted by Gasteiger charge is 2.30. The maximum absolute atomic E-state index is 12.6. The van der Waals surface area contributed by atoms with Crippen molar-refractivity contribution in [2.24, 2.45) is 0 Å². The number of pyridine rings is 1. The van der Waals surface area contributed by atoms with Gasteiger partial charge in [0, 0.05) is 26.7 Å². The van der Waals surface area contributed by atoms with Crippen LogP contribution in [0.4, 0.5) is 29.5 Å². The minimum Gasteiger partial charge on any atom is -0.357 e. The first-order valence-corrected chi connectivity index (χ1v) is 8.72. The number of hydrogen-bond acceptors (Lipinski definition) is 3. The second-order valence-electron chi connectivity index (χ2n) is 6.58. The molecule has 0 atom stereocenters. The summed E-state index contributed by atoms with van der Waals surface area (Å²) in [7, 11) is 1.58. The number of anilines is 2. The molecule has 1 fully saturated rings. The Labute approximate surface area is 155 Å². The molecule has 1 aliphatic rings. The third-order valence-electron chi connectivity index (χ3n) is 4.48. The number of aromatic nitrogens is 1. The molecule has 1 aliphatic heterocycles. The molecule has 1 N–H and O–H groups in total. The summed E-state index contributed by atoms with van der Waals surface area (Å²) in [6.07, 6.45) is -0.433. The van der Waals surface area contributed by atoms with Crippen LogP contribution in [0.2, 0.25) is 0 Å². The van der Waals surface area contributed by atoms with E-state index in [0.29, 0.717) is 11.3 Å². The summed E-state index contributed by atoms with van der Waals surface area (Å²) >= 11 is 0. The summed E-state index contributed by atoms with van der Waals surface area (Å²) in [5.41, 5.74) is 0.480. The van der Waals surface area contributed by atoms with E-state index >= 15 is 0 Å². The molecule has 2 heterocycles. The number of hydrogen-bond donors (Lipinski definition) is 1. The topological polar surface area (TPSA) is 48.5 Å². The van der Waals surface area contributed by atoms with Gasteiger partial charge < -0.3 is 15.1 Å². The van der Waals surface area contributed by atoms with E-state index in [1.165, 1.54) is 17.0 Å². The molecule has 2 aromatic rings. The normalized spacial score (nSPS) is 14.3. The molecule has 1 saturated heterocycles. The highest BCUT2D eigenvalue weighted by molar-refractivity contribution is 5.89. The summed E-state index contributed by atoms with van der Waals surface area (Å²) in [5, 5.41) is 2.74. The van der Waals surface area contributed by atoms with Crippen LogP contribution in [0.5, 0.6) is 0 Å². The number of amides is 2. The predicted molar refractivity (Wildman–Crippen MR) is 97.6 cm³/mol. The fraction of sp³-hybridized carbons (Fsp3) is 0.368. The van der Waals surface area contributed by atoms with Gasteiger partial charge in [-0.05, 0) is 42.7 Å². The Hall–Kier alpha value is -2.77. The average Bonchev–Trinajstić information content (AvgIpc) is 3.16. The van der Waals surface area contributed by atoms with E-state index in [4.69, 9.17) is 0 Å². The first-order chi connectivity index (χ1) is 12.8. The van der Waals surface area contributed by atoms with Crippen molar-refractivity contribution in [3.63, 3.8) is 0 Å². The molecule has 3 rings (SSSR count). The van der Waals surface area contributed by atoms with E-state index in [0.717, 1.165) is 43.9 Å². The Bertz CT molecular complexity index is 769. The van der Waals surface area contributed by atoms with Gasteiger partial charge in [0.1, 0.15) is 5.82 Å². The van der Waals surface area contributed by atoms with Crippen molar-refractivity contribution in [1.82, 2.24) is 9.88 Å². The SMILES string of the molecule is CN(Cc1ccc(C(F)(F)F)cc1)C(=O)Nc1ccc(N2CCCC2)nc1. The van der Waals surface area contributed by atoms with Gasteiger partial charge in [0.05, 0.1) is 17.4 Å². The lowest BCUT2D eigenvalue weighted by Gasteiger charge is -2.19. The number of urea groups is 1. The number of rotatable bonds is 4. The minimum atomic E-state index is -4.37. The number of halogens is 3. The Morgan fingerprint density at radius 3 is 2.37 bits per heavy atom. The summed E-state index contributed by atoms with van der Waals surface area (Å²) < 4.78 is 37.8. The van der Waals surface area contributed by atoms with Crippen molar-refractivity contribution in [2.75, 3.05) is 30.4 Å². The molecule has 144 valence electrons. The summed E-state index contributed by atoms with van der Waals surface area (Å²) in [6.45, 7) is 2.19. The fourth-order valence-electron chi connectivity index (χ4n) is 2.96. The molecule has 2 amide bonds. The molecule has 0 radical (unpaired) electrons. The van der Waals surface area contributed by atoms with Crippen molar-refractivity contribution >= 4 is 17.5 Å². The summed E-state index contributed by atoms with van der Waals surface area (Å²) in [6, 6.07) is 8.09. The summed E-state index contributed by atoms with van der Waals surface area (Å²) in [5.74, 6) is 0.892. The van der Waals surface area contributed by atoms with E-state index in [1.54, 1.807) is 19.3 Å². The average molecular weight is 378 g/mol. The van der Waals surface area contributed by atoms with Gasteiger partial charge in [-0.2, -0.15) is 13.2 Å². The predicted octanol–water partition coefficient (Wildman–Crippen LogP) is 4.36. The highest BCUT2D eigenvalue weighted by Crippen LogP contribution is 2.29. The molecule has 5 nitrogen and oxygen atoms in total. The quantitative estimate of drug-likeness (QED) is 0.860. The Kier molecular flexibility index (Phi) is 5.53. The third kappa shape index (κ3) is 4.90. The van der Waals surface area contributed by atoms with Gasteiger partial charge in [0.2, 0.25) is 0 Å². The minimum absolute atomic E-state index is 0.198. The molecule has 8 heteroatoms. The second-order valence-corrected chi connectivity index (χ2v) is 6.58. The molecular weight excluding hydrogens is 357 g/mol. The molecule has 0 aliphatic carbocycles. The highest BCUT2D eigenvalue weighted by atomic mass is 19.4. The van der Waals surface area contributed by atoms with Gasteiger partial charge in [-0.1, -0.05) is 12.1 Å². The zero-order valence-corrected chi connectivity index (χ0v) is 15.0. The van der Waals surface area contributed by atoms with Gasteiger partial charge in [0.25, 0.3) is 0 Å². The number of carbonyl (C=O) groups excluding carboxylic acids is 1. The Balaban J connectivity index is 1.55. The first kappa shape index (κ1) is 19.0. The fourth-order valence-corrected chi connectivity index (χ4v) is 2.96. The van der Waals surface area contributed by atoms with Crippen molar-refractivity contribution in [2.45, 2.75) is 25.6 Å². The van der Waals surface area contributed by atoms with Crippen LogP contribution in [0.25, 0.3) is 0 Å². The monoisotopic (exact) mass is 378 g/mol. The number of nitrogens with zero attached hydrogens (tertiary/aromatic N) is 3. The molecule has 0 bridgehead atoms. The smallest absolute Gasteiger partial charge is 0.357 e. The molecule has 0 unspecified atom stereocenters. The molecule has 1 aromatic heterocycles. The van der Waals surface area contributed by atoms with Gasteiger partial charge in [0.15, 0.2) is 0 Å². The van der Waals surface area contributed by atoms with Crippen LogP contribution in [0.3, 0.4) is 0 Å². The van der Waals surface area contributed by atoms with E-state index < -0.39 is 11.7 Å². The molecule has 0 spiro atoms. The summed E-state index contributed by atoms with van der Waals surface area (Å²) in [4.78, 5) is 20.3. The van der Waals surface area contributed by atoms with Crippen LogP contribution in [0.15, 0.2) is 42.6 Å². The van der Waals surface area contributed by atoms with Crippen LogP contribution >= 0.6 is 0 Å². The Morgan fingerprint density at radius 1 is 1.15 bits per heavy atom. The van der Waals surface area contributed by atoms with Crippen molar-refractivity contribution < 1.29 is 18.0 Å². The van der Waals surface area contributed by atoms with Crippen LogP contribution in [-0.2, 0) is 12.7 Å². The lowest BCUT2D eigenvalue weighted by Crippen LogP contribution is -2.31. The van der Waals surface area contributed by atoms with Crippen LogP contribution < -0.4 is 10.2 Å². The van der Waals surface area contributed by atoms with E-state index in [-0.39, 0.29) is 12.6 Å². The van der Waals surface area contributed by atoms with E-state index in [2.05, 4.69) is 15.2 Å². The number of alkyl halides is 3. The van der Waals surface area contributed by atoms with Crippen molar-refractivity contribution in [3.05, 3.63) is 53.7 Å². The van der Waals surface area contributed by atoms with Crippen molar-refractivity contribution in [1.29, 1.82) is 0 Å². The molecule has 0 saturated carbocycles. The number of benzene rings is 1. The maximum Gasteiger partial charge on any atom is 0.416 e. The molecule has 27 heavy (non-hydrogen) atoms. The van der Waals surface area contributed by atoms with Crippen molar-refractivity contribution in [3.8, 4) is 0 Å². The largest absolute Gasteiger partial charge is 0.416 e. The standard InChI is InChI=1S/C19H21F3N4O/c1-25(13-14-4-6-15(7-5-14)19(20,21)22)18(27)24-16-8-9-17(23-12-16)26-10-2-3-11-26/h4-9,12H,2-3,10-11,13H2,1H3,(H,24,27). The molecular formula is C19H21F3N4O. The van der Waals surface area contributed by atoms with Gasteiger partial charge in [-0.15, -0.1) is 0 Å². The number of nitrogens with one attached hydrogen (secondary N) is 1. The lowest BCUT2D eigenvalue weighted by atomic mass is 10.1. The lowest BCUT2D eigenvalue weighted by molar-refractivity contribution is -0.137. The Morgan fingerprint density at radius 2 is 1.81 bits per heavy atom. The van der Waals surface area contributed by atoms with Gasteiger partial charge >= 0.3 is 12.2 Å². The van der Waals surface area contributed by atoms with Crippen LogP contribution in [0, 0.1) is 0 Å². The zero-order chi connectivity index (χ0) is 19.4. The van der Waals surface area contributed by atoms with Gasteiger partial charge in [-0.25, -0.2) is 9.78 Å². The maximum atomic E-state index is 12.6. The zero-order valence-electron chi connectivity index (χ0n) is 15.0. The second kappa shape index (κ2) is 7.85. The molecule has 1 aromatic carbocycles. The van der Waals surface area contributed by atoms with E-state index in [1.807, 2.05) is 6.07 Å². The third-order valence-corrected chi connectivity index (χ3v) is 4.48.